The minimum atomic E-state index is -0.689. The van der Waals surface area contributed by atoms with Gasteiger partial charge in [-0.25, -0.2) is 0 Å². The van der Waals surface area contributed by atoms with E-state index in [1.807, 2.05) is 41.8 Å². The molecule has 2 rings (SSSR count). The molecule has 0 aliphatic carbocycles. The second kappa shape index (κ2) is 9.04. The van der Waals surface area contributed by atoms with Crippen molar-refractivity contribution in [3.63, 3.8) is 0 Å². The molecular weight excluding hydrogens is 362 g/mol. The molecule has 0 saturated heterocycles. The van der Waals surface area contributed by atoms with Crippen LogP contribution in [-0.4, -0.2) is 25.1 Å². The van der Waals surface area contributed by atoms with Crippen LogP contribution in [0.5, 0.6) is 5.75 Å². The topological polar surface area (TPSA) is 64.6 Å². The van der Waals surface area contributed by atoms with Gasteiger partial charge in [0.25, 0.3) is 5.91 Å². The van der Waals surface area contributed by atoms with Crippen LogP contribution in [0, 0.1) is 0 Å². The molecule has 0 fully saturated rings. The molecule has 1 aromatic heterocycles. The molecule has 0 aliphatic heterocycles. The number of thiophene rings is 1. The standard InChI is InChI=1S/C21H27NO4S/c1-14(26-16-10-8-15(9-11-16)21(2,3)4)20(24)22-17(13-19(23)25-5)18-7-6-12-27-18/h6-12,14,17H,13H2,1-5H3,(H,22,24). The highest BCUT2D eigenvalue weighted by Gasteiger charge is 2.23. The van der Waals surface area contributed by atoms with E-state index in [9.17, 15) is 9.59 Å². The van der Waals surface area contributed by atoms with Crippen LogP contribution >= 0.6 is 11.3 Å². The SMILES string of the molecule is COC(=O)CC(NC(=O)C(C)Oc1ccc(C(C)(C)C)cc1)c1cccs1. The summed E-state index contributed by atoms with van der Waals surface area (Å²) < 4.78 is 10.5. The smallest absolute Gasteiger partial charge is 0.307 e. The van der Waals surface area contributed by atoms with E-state index in [-0.39, 0.29) is 23.7 Å². The zero-order valence-electron chi connectivity index (χ0n) is 16.4. The number of ether oxygens (including phenoxy) is 2. The highest BCUT2D eigenvalue weighted by Crippen LogP contribution is 2.25. The number of benzene rings is 1. The van der Waals surface area contributed by atoms with Gasteiger partial charge in [0.1, 0.15) is 5.75 Å². The third-order valence-electron chi connectivity index (χ3n) is 4.20. The molecule has 146 valence electrons. The van der Waals surface area contributed by atoms with Crippen LogP contribution in [0.4, 0.5) is 0 Å². The number of hydrogen-bond donors (Lipinski definition) is 1. The average Bonchev–Trinajstić information content (AvgIpc) is 3.15. The first-order valence-corrected chi connectivity index (χ1v) is 9.76. The van der Waals surface area contributed by atoms with E-state index < -0.39 is 12.1 Å². The summed E-state index contributed by atoms with van der Waals surface area (Å²) in [6.07, 6.45) is -0.610. The summed E-state index contributed by atoms with van der Waals surface area (Å²) in [7, 11) is 1.34. The van der Waals surface area contributed by atoms with Gasteiger partial charge < -0.3 is 14.8 Å². The Kier molecular flexibility index (Phi) is 7.02. The Morgan fingerprint density at radius 1 is 1.15 bits per heavy atom. The second-order valence-electron chi connectivity index (χ2n) is 7.39. The third kappa shape index (κ3) is 6.10. The van der Waals surface area contributed by atoms with E-state index in [0.717, 1.165) is 4.88 Å². The zero-order valence-corrected chi connectivity index (χ0v) is 17.3. The maximum Gasteiger partial charge on any atom is 0.307 e. The maximum absolute atomic E-state index is 12.6. The molecule has 1 amide bonds. The zero-order chi connectivity index (χ0) is 20.0. The molecular formula is C21H27NO4S. The quantitative estimate of drug-likeness (QED) is 0.720. The van der Waals surface area contributed by atoms with E-state index in [0.29, 0.717) is 5.75 Å². The van der Waals surface area contributed by atoms with E-state index in [1.54, 1.807) is 6.92 Å². The number of nitrogens with one attached hydrogen (secondary N) is 1. The van der Waals surface area contributed by atoms with Crippen molar-refractivity contribution in [1.82, 2.24) is 5.32 Å². The number of hydrogen-bond acceptors (Lipinski definition) is 5. The van der Waals surface area contributed by atoms with Crippen LogP contribution in [0.25, 0.3) is 0 Å². The summed E-state index contributed by atoms with van der Waals surface area (Å²) >= 11 is 1.48. The van der Waals surface area contributed by atoms with Gasteiger partial charge in [0.15, 0.2) is 6.10 Å². The van der Waals surface area contributed by atoms with Gasteiger partial charge in [0, 0.05) is 4.88 Å². The number of amides is 1. The lowest BCUT2D eigenvalue weighted by atomic mass is 9.87. The molecule has 0 spiro atoms. The molecule has 2 atom stereocenters. The fourth-order valence-corrected chi connectivity index (χ4v) is 3.32. The Bertz CT molecular complexity index is 747. The minimum absolute atomic E-state index is 0.0589. The lowest BCUT2D eigenvalue weighted by Gasteiger charge is -2.21. The lowest BCUT2D eigenvalue weighted by Crippen LogP contribution is -2.39. The maximum atomic E-state index is 12.6. The third-order valence-corrected chi connectivity index (χ3v) is 5.19. The van der Waals surface area contributed by atoms with E-state index in [4.69, 9.17) is 9.47 Å². The van der Waals surface area contributed by atoms with Crippen molar-refractivity contribution in [2.24, 2.45) is 0 Å². The van der Waals surface area contributed by atoms with Crippen molar-refractivity contribution >= 4 is 23.2 Å². The molecule has 6 heteroatoms. The van der Waals surface area contributed by atoms with Crippen molar-refractivity contribution in [1.29, 1.82) is 0 Å². The Labute approximate surface area is 164 Å². The van der Waals surface area contributed by atoms with Crippen LogP contribution < -0.4 is 10.1 Å². The van der Waals surface area contributed by atoms with Crippen LogP contribution in [0.3, 0.4) is 0 Å². The van der Waals surface area contributed by atoms with Gasteiger partial charge in [-0.2, -0.15) is 0 Å². The number of carbonyl (C=O) groups is 2. The normalized spacial score (nSPS) is 13.5. The molecule has 2 aromatic rings. The minimum Gasteiger partial charge on any atom is -0.481 e. The molecule has 2 unspecified atom stereocenters. The molecule has 5 nitrogen and oxygen atoms in total. The fraction of sp³-hybridized carbons (Fsp3) is 0.429. The largest absolute Gasteiger partial charge is 0.481 e. The first-order valence-electron chi connectivity index (χ1n) is 8.88. The van der Waals surface area contributed by atoms with Crippen molar-refractivity contribution < 1.29 is 19.1 Å². The second-order valence-corrected chi connectivity index (χ2v) is 8.37. The van der Waals surface area contributed by atoms with Crippen molar-refractivity contribution in [2.75, 3.05) is 7.11 Å². The molecule has 0 radical (unpaired) electrons. The Morgan fingerprint density at radius 3 is 2.33 bits per heavy atom. The average molecular weight is 390 g/mol. The molecule has 1 N–H and O–H groups in total. The summed E-state index contributed by atoms with van der Waals surface area (Å²) in [6, 6.07) is 11.1. The van der Waals surface area contributed by atoms with Crippen LogP contribution in [0.1, 0.15) is 50.6 Å². The van der Waals surface area contributed by atoms with Gasteiger partial charge >= 0.3 is 5.97 Å². The Hall–Kier alpha value is -2.34. The molecule has 1 heterocycles. The molecule has 27 heavy (non-hydrogen) atoms. The van der Waals surface area contributed by atoms with Crippen molar-refractivity contribution in [2.45, 2.75) is 51.7 Å². The Balaban J connectivity index is 2.01. The molecule has 1 aromatic carbocycles. The van der Waals surface area contributed by atoms with E-state index in [1.165, 1.54) is 24.0 Å². The van der Waals surface area contributed by atoms with Gasteiger partial charge in [-0.05, 0) is 41.5 Å². The molecule has 0 saturated carbocycles. The lowest BCUT2D eigenvalue weighted by molar-refractivity contribution is -0.141. The molecule has 0 bridgehead atoms. The van der Waals surface area contributed by atoms with E-state index >= 15 is 0 Å². The molecule has 0 aliphatic rings. The first-order chi connectivity index (χ1) is 12.7. The van der Waals surface area contributed by atoms with Gasteiger partial charge in [-0.15, -0.1) is 11.3 Å². The monoisotopic (exact) mass is 389 g/mol. The summed E-state index contributed by atoms with van der Waals surface area (Å²) in [4.78, 5) is 25.1. The van der Waals surface area contributed by atoms with Crippen LogP contribution in [0.2, 0.25) is 0 Å². The van der Waals surface area contributed by atoms with E-state index in [2.05, 4.69) is 26.1 Å². The number of esters is 1. The summed E-state index contributed by atoms with van der Waals surface area (Å²) in [6.45, 7) is 8.12. The van der Waals surface area contributed by atoms with Gasteiger partial charge in [-0.3, -0.25) is 9.59 Å². The highest BCUT2D eigenvalue weighted by molar-refractivity contribution is 7.10. The number of rotatable bonds is 7. The summed E-state index contributed by atoms with van der Waals surface area (Å²) in [5.41, 5.74) is 1.26. The predicted molar refractivity (Wildman–Crippen MR) is 107 cm³/mol. The number of methoxy groups -OCH3 is 1. The van der Waals surface area contributed by atoms with Crippen LogP contribution in [-0.2, 0) is 19.7 Å². The van der Waals surface area contributed by atoms with Crippen molar-refractivity contribution in [3.8, 4) is 5.75 Å². The highest BCUT2D eigenvalue weighted by atomic mass is 32.1. The van der Waals surface area contributed by atoms with Crippen LogP contribution in [0.15, 0.2) is 41.8 Å². The Morgan fingerprint density at radius 2 is 1.81 bits per heavy atom. The van der Waals surface area contributed by atoms with Gasteiger partial charge in [-0.1, -0.05) is 39.0 Å². The van der Waals surface area contributed by atoms with Crippen molar-refractivity contribution in [3.05, 3.63) is 52.2 Å². The summed E-state index contributed by atoms with van der Waals surface area (Å²) in [5, 5.41) is 4.79. The number of carbonyl (C=O) groups excluding carboxylic acids is 2. The fourth-order valence-electron chi connectivity index (χ4n) is 2.54. The van der Waals surface area contributed by atoms with Gasteiger partial charge in [0.05, 0.1) is 19.6 Å². The van der Waals surface area contributed by atoms with Gasteiger partial charge in [0.2, 0.25) is 0 Å². The summed E-state index contributed by atoms with van der Waals surface area (Å²) in [5.74, 6) is -0.0245. The predicted octanol–water partition coefficient (Wildman–Crippen LogP) is 4.23. The first kappa shape index (κ1) is 21.0.